The molecule has 0 saturated carbocycles. The second-order valence-electron chi connectivity index (χ2n) is 2.65. The zero-order valence-corrected chi connectivity index (χ0v) is 6.57. The summed E-state index contributed by atoms with van der Waals surface area (Å²) in [5.74, 6) is -0.275. The van der Waals surface area contributed by atoms with Crippen LogP contribution in [0.5, 0.6) is 0 Å². The fourth-order valence-electron chi connectivity index (χ4n) is 0.947. The van der Waals surface area contributed by atoms with E-state index in [1.54, 1.807) is 12.1 Å². The van der Waals surface area contributed by atoms with Crippen molar-refractivity contribution in [2.24, 2.45) is 0 Å². The van der Waals surface area contributed by atoms with Gasteiger partial charge in [-0.25, -0.2) is 4.39 Å². The molecule has 2 nitrogen and oxygen atoms in total. The molecule has 2 N–H and O–H groups in total. The Kier molecular flexibility index (Phi) is 3.25. The van der Waals surface area contributed by atoms with E-state index < -0.39 is 7.12 Å². The number of benzene rings is 1. The number of hydrogen-bond acceptors (Lipinski definition) is 2. The first kappa shape index (κ1) is 9.22. The highest BCUT2D eigenvalue weighted by Gasteiger charge is 2.05. The highest BCUT2D eigenvalue weighted by Crippen LogP contribution is 2.05. The van der Waals surface area contributed by atoms with E-state index in [-0.39, 0.29) is 12.1 Å². The maximum atomic E-state index is 12.4. The van der Waals surface area contributed by atoms with Crippen molar-refractivity contribution in [3.05, 3.63) is 35.6 Å². The Balaban J connectivity index is 2.48. The summed E-state index contributed by atoms with van der Waals surface area (Å²) in [5, 5.41) is 17.1. The molecule has 0 bridgehead atoms. The van der Waals surface area contributed by atoms with E-state index in [1.807, 2.05) is 0 Å². The molecular formula is C8H10BFO2. The molecule has 0 unspecified atom stereocenters. The topological polar surface area (TPSA) is 40.5 Å². The van der Waals surface area contributed by atoms with E-state index >= 15 is 0 Å². The van der Waals surface area contributed by atoms with Crippen LogP contribution < -0.4 is 0 Å². The minimum Gasteiger partial charge on any atom is -0.427 e. The van der Waals surface area contributed by atoms with Crippen LogP contribution in [0.4, 0.5) is 4.39 Å². The maximum absolute atomic E-state index is 12.4. The highest BCUT2D eigenvalue weighted by molar-refractivity contribution is 6.40. The van der Waals surface area contributed by atoms with Gasteiger partial charge in [0.25, 0.3) is 0 Å². The maximum Gasteiger partial charge on any atom is 0.451 e. The summed E-state index contributed by atoms with van der Waals surface area (Å²) in [7, 11) is -1.28. The standard InChI is InChI=1S/C8H10BFO2/c10-8-3-1-7(2-4-8)5-6-9(11)12/h1-4,11-12H,5-6H2. The Bertz CT molecular complexity index is 235. The van der Waals surface area contributed by atoms with Crippen molar-refractivity contribution in [3.63, 3.8) is 0 Å². The van der Waals surface area contributed by atoms with Crippen molar-refractivity contribution in [2.45, 2.75) is 12.7 Å². The van der Waals surface area contributed by atoms with Crippen molar-refractivity contribution >= 4 is 7.12 Å². The van der Waals surface area contributed by atoms with Crippen molar-refractivity contribution in [2.75, 3.05) is 0 Å². The fraction of sp³-hybridized carbons (Fsp3) is 0.250. The summed E-state index contributed by atoms with van der Waals surface area (Å²) in [6.07, 6.45) is 0.837. The van der Waals surface area contributed by atoms with Crippen molar-refractivity contribution in [1.29, 1.82) is 0 Å². The largest absolute Gasteiger partial charge is 0.451 e. The lowest BCUT2D eigenvalue weighted by Gasteiger charge is -1.99. The van der Waals surface area contributed by atoms with Gasteiger partial charge in [-0.15, -0.1) is 0 Å². The number of aryl methyl sites for hydroxylation is 1. The molecule has 0 fully saturated rings. The van der Waals surface area contributed by atoms with Gasteiger partial charge in [-0.2, -0.15) is 0 Å². The Morgan fingerprint density at radius 1 is 1.17 bits per heavy atom. The van der Waals surface area contributed by atoms with Gasteiger partial charge in [0, 0.05) is 0 Å². The lowest BCUT2D eigenvalue weighted by Crippen LogP contribution is -2.10. The van der Waals surface area contributed by atoms with Crippen LogP contribution in [0, 0.1) is 5.82 Å². The number of hydrogen-bond donors (Lipinski definition) is 2. The van der Waals surface area contributed by atoms with Crippen LogP contribution in [0.3, 0.4) is 0 Å². The van der Waals surface area contributed by atoms with Gasteiger partial charge < -0.3 is 10.0 Å². The molecule has 4 heteroatoms. The molecule has 64 valence electrons. The van der Waals surface area contributed by atoms with Crippen LogP contribution in [0.15, 0.2) is 24.3 Å². The van der Waals surface area contributed by atoms with Gasteiger partial charge in [0.1, 0.15) is 5.82 Å². The van der Waals surface area contributed by atoms with Gasteiger partial charge in [-0.1, -0.05) is 12.1 Å². The predicted octanol–water partition coefficient (Wildman–Crippen LogP) is 0.841. The summed E-state index contributed by atoms with van der Waals surface area (Å²) in [4.78, 5) is 0. The third kappa shape index (κ3) is 3.03. The molecule has 0 spiro atoms. The predicted molar refractivity (Wildman–Crippen MR) is 45.1 cm³/mol. The van der Waals surface area contributed by atoms with E-state index in [1.165, 1.54) is 12.1 Å². The van der Waals surface area contributed by atoms with Gasteiger partial charge in [0.2, 0.25) is 0 Å². The van der Waals surface area contributed by atoms with Crippen LogP contribution in [0.1, 0.15) is 5.56 Å². The zero-order chi connectivity index (χ0) is 8.97. The fourth-order valence-corrected chi connectivity index (χ4v) is 0.947. The van der Waals surface area contributed by atoms with E-state index in [0.29, 0.717) is 6.42 Å². The molecule has 12 heavy (non-hydrogen) atoms. The average Bonchev–Trinajstić information content (AvgIpc) is 2.03. The first-order valence-electron chi connectivity index (χ1n) is 3.79. The van der Waals surface area contributed by atoms with Gasteiger partial charge in [-0.3, -0.25) is 0 Å². The highest BCUT2D eigenvalue weighted by atomic mass is 19.1. The van der Waals surface area contributed by atoms with E-state index in [4.69, 9.17) is 10.0 Å². The molecule has 0 aliphatic heterocycles. The summed E-state index contributed by atoms with van der Waals surface area (Å²) in [5.41, 5.74) is 0.907. The lowest BCUT2D eigenvalue weighted by molar-refractivity contribution is 0.405. The third-order valence-electron chi connectivity index (χ3n) is 1.60. The second kappa shape index (κ2) is 4.23. The third-order valence-corrected chi connectivity index (χ3v) is 1.60. The van der Waals surface area contributed by atoms with Crippen molar-refractivity contribution in [1.82, 2.24) is 0 Å². The molecule has 1 rings (SSSR count). The number of rotatable bonds is 3. The number of halogens is 1. The normalized spacial score (nSPS) is 9.92. The van der Waals surface area contributed by atoms with Gasteiger partial charge in [0.05, 0.1) is 0 Å². The summed E-state index contributed by atoms with van der Waals surface area (Å²) in [6, 6.07) is 5.99. The minimum absolute atomic E-state index is 0.275. The van der Waals surface area contributed by atoms with Crippen LogP contribution in [0.25, 0.3) is 0 Å². The lowest BCUT2D eigenvalue weighted by atomic mass is 9.83. The first-order chi connectivity index (χ1) is 5.68. The quantitative estimate of drug-likeness (QED) is 0.656. The molecule has 0 amide bonds. The van der Waals surface area contributed by atoms with Crippen molar-refractivity contribution < 1.29 is 14.4 Å². The molecule has 1 aromatic carbocycles. The molecule has 1 aromatic rings. The smallest absolute Gasteiger partial charge is 0.427 e. The van der Waals surface area contributed by atoms with Gasteiger partial charge >= 0.3 is 7.12 Å². The van der Waals surface area contributed by atoms with Crippen LogP contribution in [-0.4, -0.2) is 17.2 Å². The SMILES string of the molecule is OB(O)CCc1ccc(F)cc1. The summed E-state index contributed by atoms with van der Waals surface area (Å²) in [6.45, 7) is 0. The minimum atomic E-state index is -1.28. The molecule has 0 heterocycles. The first-order valence-corrected chi connectivity index (χ1v) is 3.79. The Morgan fingerprint density at radius 2 is 1.75 bits per heavy atom. The molecule has 0 aliphatic carbocycles. The van der Waals surface area contributed by atoms with Crippen LogP contribution >= 0.6 is 0 Å². The van der Waals surface area contributed by atoms with E-state index in [2.05, 4.69) is 0 Å². The molecular weight excluding hydrogens is 158 g/mol. The molecule has 0 atom stereocenters. The Labute approximate surface area is 70.8 Å². The molecule has 0 aliphatic rings. The summed E-state index contributed by atoms with van der Waals surface area (Å²) < 4.78 is 12.4. The molecule has 0 aromatic heterocycles. The van der Waals surface area contributed by atoms with Gasteiger partial charge in [-0.05, 0) is 30.4 Å². The Hall–Kier alpha value is -0.865. The monoisotopic (exact) mass is 168 g/mol. The second-order valence-corrected chi connectivity index (χ2v) is 2.65. The van der Waals surface area contributed by atoms with E-state index in [9.17, 15) is 4.39 Å². The van der Waals surface area contributed by atoms with Crippen LogP contribution in [0.2, 0.25) is 6.32 Å². The molecule has 0 radical (unpaired) electrons. The van der Waals surface area contributed by atoms with Crippen LogP contribution in [-0.2, 0) is 6.42 Å². The average molecular weight is 168 g/mol. The summed E-state index contributed by atoms with van der Waals surface area (Å²) >= 11 is 0. The van der Waals surface area contributed by atoms with Crippen molar-refractivity contribution in [3.8, 4) is 0 Å². The Morgan fingerprint density at radius 3 is 2.25 bits per heavy atom. The molecule has 0 saturated heterocycles. The van der Waals surface area contributed by atoms with E-state index in [0.717, 1.165) is 5.56 Å². The van der Waals surface area contributed by atoms with Gasteiger partial charge in [0.15, 0.2) is 0 Å². The zero-order valence-electron chi connectivity index (χ0n) is 6.57.